The molecule has 5 heteroatoms. The number of hydrazine groups is 1. The number of aryl methyl sites for hydroxylation is 2. The number of nitrogens with one attached hydrogen (secondary N) is 1. The van der Waals surface area contributed by atoms with Gasteiger partial charge in [0, 0.05) is 18.9 Å². The lowest BCUT2D eigenvalue weighted by atomic mass is 10.0. The van der Waals surface area contributed by atoms with Crippen molar-refractivity contribution in [2.24, 2.45) is 5.84 Å². The molecule has 102 valence electrons. The van der Waals surface area contributed by atoms with Gasteiger partial charge in [-0.15, -0.1) is 0 Å². The Morgan fingerprint density at radius 1 is 1.47 bits per heavy atom. The molecule has 0 saturated carbocycles. The van der Waals surface area contributed by atoms with Crippen molar-refractivity contribution in [3.8, 4) is 0 Å². The fourth-order valence-electron chi connectivity index (χ4n) is 2.24. The quantitative estimate of drug-likeness (QED) is 0.642. The highest BCUT2D eigenvalue weighted by Crippen LogP contribution is 2.24. The minimum atomic E-state index is -0.308. The smallest absolute Gasteiger partial charge is 0.131 e. The second kappa shape index (κ2) is 5.95. The zero-order chi connectivity index (χ0) is 13.8. The van der Waals surface area contributed by atoms with Crippen molar-refractivity contribution in [1.82, 2.24) is 15.0 Å². The number of halogens is 1. The van der Waals surface area contributed by atoms with E-state index < -0.39 is 0 Å². The van der Waals surface area contributed by atoms with E-state index in [4.69, 9.17) is 5.84 Å². The van der Waals surface area contributed by atoms with Crippen LogP contribution < -0.4 is 11.3 Å². The normalized spacial score (nSPS) is 12.6. The van der Waals surface area contributed by atoms with Gasteiger partial charge in [0.2, 0.25) is 0 Å². The third kappa shape index (κ3) is 2.83. The van der Waals surface area contributed by atoms with Crippen molar-refractivity contribution in [1.29, 1.82) is 0 Å². The van der Waals surface area contributed by atoms with Gasteiger partial charge in [0.05, 0.1) is 0 Å². The monoisotopic (exact) mass is 262 g/mol. The third-order valence-corrected chi connectivity index (χ3v) is 3.19. The average Bonchev–Trinajstić information content (AvgIpc) is 2.83. The number of rotatable bonds is 5. The Balaban J connectivity index is 2.44. The summed E-state index contributed by atoms with van der Waals surface area (Å²) < 4.78 is 15.5. The largest absolute Gasteiger partial charge is 0.333 e. The summed E-state index contributed by atoms with van der Waals surface area (Å²) in [6, 6.07) is 4.40. The predicted octanol–water partition coefficient (Wildman–Crippen LogP) is 2.29. The van der Waals surface area contributed by atoms with Crippen LogP contribution in [0.4, 0.5) is 4.39 Å². The highest BCUT2D eigenvalue weighted by Gasteiger charge is 2.19. The summed E-state index contributed by atoms with van der Waals surface area (Å²) in [4.78, 5) is 4.35. The van der Waals surface area contributed by atoms with Crippen LogP contribution in [-0.2, 0) is 6.54 Å². The fourth-order valence-corrected chi connectivity index (χ4v) is 2.24. The van der Waals surface area contributed by atoms with E-state index in [0.29, 0.717) is 0 Å². The number of nitrogens with zero attached hydrogens (tertiary/aromatic N) is 2. The molecule has 2 aromatic rings. The Hall–Kier alpha value is -1.72. The lowest BCUT2D eigenvalue weighted by molar-refractivity contribution is 0.539. The molecule has 2 rings (SSSR count). The Kier molecular flexibility index (Phi) is 4.29. The number of benzene rings is 1. The number of imidazole rings is 1. The summed E-state index contributed by atoms with van der Waals surface area (Å²) in [5.41, 5.74) is 4.53. The molecule has 0 radical (unpaired) electrons. The molecular formula is C14H19FN4. The van der Waals surface area contributed by atoms with Gasteiger partial charge in [-0.3, -0.25) is 5.84 Å². The zero-order valence-electron chi connectivity index (χ0n) is 11.2. The maximum atomic E-state index is 13.4. The van der Waals surface area contributed by atoms with Gasteiger partial charge in [-0.1, -0.05) is 13.0 Å². The molecule has 1 atom stereocenters. The summed E-state index contributed by atoms with van der Waals surface area (Å²) in [6.45, 7) is 4.90. The summed E-state index contributed by atoms with van der Waals surface area (Å²) >= 11 is 0. The van der Waals surface area contributed by atoms with Crippen LogP contribution in [0.3, 0.4) is 0 Å². The number of aromatic nitrogens is 2. The molecule has 1 heterocycles. The Morgan fingerprint density at radius 2 is 2.26 bits per heavy atom. The molecular weight excluding hydrogens is 243 g/mol. The molecule has 1 aromatic heterocycles. The van der Waals surface area contributed by atoms with Gasteiger partial charge in [-0.25, -0.2) is 14.8 Å². The Labute approximate surface area is 112 Å². The minimum absolute atomic E-state index is 0.269. The van der Waals surface area contributed by atoms with Crippen LogP contribution in [0.1, 0.15) is 36.3 Å². The maximum absolute atomic E-state index is 13.4. The number of nitrogens with two attached hydrogens (primary N) is 1. The molecule has 0 aliphatic carbocycles. The van der Waals surface area contributed by atoms with Gasteiger partial charge in [-0.05, 0) is 36.6 Å². The van der Waals surface area contributed by atoms with E-state index in [9.17, 15) is 4.39 Å². The van der Waals surface area contributed by atoms with Crippen LogP contribution in [-0.4, -0.2) is 9.55 Å². The van der Waals surface area contributed by atoms with Crippen molar-refractivity contribution in [2.75, 3.05) is 0 Å². The van der Waals surface area contributed by atoms with E-state index in [1.807, 2.05) is 17.7 Å². The fraction of sp³-hybridized carbons (Fsp3) is 0.357. The number of hydrogen-bond donors (Lipinski definition) is 2. The minimum Gasteiger partial charge on any atom is -0.333 e. The average molecular weight is 262 g/mol. The van der Waals surface area contributed by atoms with Gasteiger partial charge >= 0.3 is 0 Å². The SMILES string of the molecule is CCCn1ccnc1C(NN)c1cc(F)ccc1C. The highest BCUT2D eigenvalue weighted by atomic mass is 19.1. The lowest BCUT2D eigenvalue weighted by Gasteiger charge is -2.19. The highest BCUT2D eigenvalue weighted by molar-refractivity contribution is 5.33. The first kappa shape index (κ1) is 13.7. The van der Waals surface area contributed by atoms with Gasteiger partial charge in [0.1, 0.15) is 17.7 Å². The van der Waals surface area contributed by atoms with E-state index in [-0.39, 0.29) is 11.9 Å². The summed E-state index contributed by atoms with van der Waals surface area (Å²) in [7, 11) is 0. The maximum Gasteiger partial charge on any atom is 0.131 e. The first-order valence-corrected chi connectivity index (χ1v) is 6.40. The van der Waals surface area contributed by atoms with Crippen molar-refractivity contribution >= 4 is 0 Å². The van der Waals surface area contributed by atoms with E-state index in [1.165, 1.54) is 12.1 Å². The van der Waals surface area contributed by atoms with Crippen LogP contribution in [0.5, 0.6) is 0 Å². The molecule has 0 saturated heterocycles. The standard InChI is InChI=1S/C14H19FN4/c1-3-7-19-8-6-17-14(19)13(18-16)12-9-11(15)5-4-10(12)2/h4-6,8-9,13,18H,3,7,16H2,1-2H3. The molecule has 0 aliphatic rings. The van der Waals surface area contributed by atoms with Gasteiger partial charge < -0.3 is 4.57 Å². The zero-order valence-corrected chi connectivity index (χ0v) is 11.2. The summed E-state index contributed by atoms with van der Waals surface area (Å²) in [5.74, 6) is 6.19. The number of hydrogen-bond acceptors (Lipinski definition) is 3. The van der Waals surface area contributed by atoms with Crippen LogP contribution in [0.15, 0.2) is 30.6 Å². The van der Waals surface area contributed by atoms with Crippen molar-refractivity contribution in [3.63, 3.8) is 0 Å². The second-order valence-electron chi connectivity index (χ2n) is 4.58. The predicted molar refractivity (Wildman–Crippen MR) is 72.8 cm³/mol. The topological polar surface area (TPSA) is 55.9 Å². The van der Waals surface area contributed by atoms with Gasteiger partial charge in [-0.2, -0.15) is 0 Å². The Morgan fingerprint density at radius 3 is 2.95 bits per heavy atom. The van der Waals surface area contributed by atoms with E-state index in [1.54, 1.807) is 12.3 Å². The molecule has 1 unspecified atom stereocenters. The van der Waals surface area contributed by atoms with Gasteiger partial charge in [0.25, 0.3) is 0 Å². The first-order chi connectivity index (χ1) is 9.17. The van der Waals surface area contributed by atoms with E-state index in [2.05, 4.69) is 17.3 Å². The van der Waals surface area contributed by atoms with E-state index >= 15 is 0 Å². The molecule has 0 amide bonds. The molecule has 0 fully saturated rings. The summed E-state index contributed by atoms with van der Waals surface area (Å²) in [6.07, 6.45) is 4.66. The second-order valence-corrected chi connectivity index (χ2v) is 4.58. The van der Waals surface area contributed by atoms with Crippen molar-refractivity contribution < 1.29 is 4.39 Å². The van der Waals surface area contributed by atoms with Crippen LogP contribution in [0.25, 0.3) is 0 Å². The first-order valence-electron chi connectivity index (χ1n) is 6.40. The third-order valence-electron chi connectivity index (χ3n) is 3.19. The van der Waals surface area contributed by atoms with Gasteiger partial charge in [0.15, 0.2) is 0 Å². The molecule has 1 aromatic carbocycles. The molecule has 0 bridgehead atoms. The van der Waals surface area contributed by atoms with E-state index in [0.717, 1.165) is 29.9 Å². The molecule has 19 heavy (non-hydrogen) atoms. The van der Waals surface area contributed by atoms with Crippen molar-refractivity contribution in [3.05, 3.63) is 53.4 Å². The van der Waals surface area contributed by atoms with Crippen molar-refractivity contribution in [2.45, 2.75) is 32.9 Å². The molecule has 0 spiro atoms. The van der Waals surface area contributed by atoms with Crippen LogP contribution >= 0.6 is 0 Å². The molecule has 0 aliphatic heterocycles. The Bertz CT molecular complexity index is 550. The summed E-state index contributed by atoms with van der Waals surface area (Å²) in [5, 5.41) is 0. The molecule has 3 N–H and O–H groups in total. The van der Waals surface area contributed by atoms with Crippen LogP contribution in [0.2, 0.25) is 0 Å². The molecule has 4 nitrogen and oxygen atoms in total. The van der Waals surface area contributed by atoms with Crippen LogP contribution in [0, 0.1) is 12.7 Å². The lowest BCUT2D eigenvalue weighted by Crippen LogP contribution is -2.31.